The van der Waals surface area contributed by atoms with E-state index in [-0.39, 0.29) is 11.6 Å². The van der Waals surface area contributed by atoms with Gasteiger partial charge in [0.15, 0.2) is 0 Å². The molecule has 5 nitrogen and oxygen atoms in total. The van der Waals surface area contributed by atoms with E-state index in [4.69, 9.17) is 11.5 Å². The zero-order valence-electron chi connectivity index (χ0n) is 9.21. The van der Waals surface area contributed by atoms with Gasteiger partial charge in [0.1, 0.15) is 11.6 Å². The maximum absolute atomic E-state index is 11.6. The topological polar surface area (TPSA) is 97.8 Å². The van der Waals surface area contributed by atoms with Gasteiger partial charge in [-0.1, -0.05) is 13.3 Å². The zero-order valence-corrected chi connectivity index (χ0v) is 9.21. The van der Waals surface area contributed by atoms with Crippen LogP contribution in [0.15, 0.2) is 4.79 Å². The fourth-order valence-corrected chi connectivity index (χ4v) is 1.46. The summed E-state index contributed by atoms with van der Waals surface area (Å²) in [5.41, 5.74) is 11.8. The quantitative estimate of drug-likeness (QED) is 0.661. The first-order chi connectivity index (χ1) is 7.04. The molecule has 5 N–H and O–H groups in total. The van der Waals surface area contributed by atoms with Crippen LogP contribution in [0.25, 0.3) is 0 Å². The first-order valence-electron chi connectivity index (χ1n) is 5.17. The number of H-pyrrole nitrogens is 1. The van der Waals surface area contributed by atoms with Gasteiger partial charge in [-0.15, -0.1) is 0 Å². The second kappa shape index (κ2) is 4.93. The Morgan fingerprint density at radius 3 is 2.67 bits per heavy atom. The Bertz CT molecular complexity index is 383. The molecule has 1 rings (SSSR count). The van der Waals surface area contributed by atoms with E-state index in [2.05, 4.69) is 9.97 Å². The third-order valence-corrected chi connectivity index (χ3v) is 2.11. The minimum absolute atomic E-state index is 0.0374. The molecule has 1 aromatic rings. The molecule has 0 aliphatic carbocycles. The highest BCUT2D eigenvalue weighted by Gasteiger charge is 2.08. The molecule has 1 aromatic heterocycles. The Kier molecular flexibility index (Phi) is 3.85. The molecule has 15 heavy (non-hydrogen) atoms. The van der Waals surface area contributed by atoms with E-state index in [9.17, 15) is 4.79 Å². The van der Waals surface area contributed by atoms with Crippen LogP contribution in [-0.2, 0) is 12.8 Å². The van der Waals surface area contributed by atoms with E-state index in [1.807, 2.05) is 13.8 Å². The highest BCUT2D eigenvalue weighted by atomic mass is 16.1. The lowest BCUT2D eigenvalue weighted by Crippen LogP contribution is -2.25. The Morgan fingerprint density at radius 2 is 2.20 bits per heavy atom. The predicted octanol–water partition coefficient (Wildman–Crippen LogP) is 0.194. The van der Waals surface area contributed by atoms with Crippen molar-refractivity contribution in [1.82, 2.24) is 9.97 Å². The average molecular weight is 210 g/mol. The molecule has 0 radical (unpaired) electrons. The standard InChI is InChI=1S/C10H18N4O/c1-3-4-7-9(12)13-8(5-6(2)11)14-10(7)15/h6H,3-5,11H2,1-2H3,(H3,12,13,14,15). The van der Waals surface area contributed by atoms with Gasteiger partial charge in [-0.05, 0) is 13.3 Å². The average Bonchev–Trinajstić information content (AvgIpc) is 2.10. The van der Waals surface area contributed by atoms with Crippen LogP contribution in [0.3, 0.4) is 0 Å². The van der Waals surface area contributed by atoms with Crippen molar-refractivity contribution in [1.29, 1.82) is 0 Å². The van der Waals surface area contributed by atoms with Gasteiger partial charge in [-0.2, -0.15) is 0 Å². The lowest BCUT2D eigenvalue weighted by molar-refractivity contribution is 0.696. The summed E-state index contributed by atoms with van der Waals surface area (Å²) in [4.78, 5) is 18.5. The fraction of sp³-hybridized carbons (Fsp3) is 0.600. The summed E-state index contributed by atoms with van der Waals surface area (Å²) in [5, 5.41) is 0. The van der Waals surface area contributed by atoms with Gasteiger partial charge in [0.05, 0.1) is 5.56 Å². The number of aromatic nitrogens is 2. The maximum Gasteiger partial charge on any atom is 0.256 e. The monoisotopic (exact) mass is 210 g/mol. The molecule has 84 valence electrons. The molecular formula is C10H18N4O. The van der Waals surface area contributed by atoms with Crippen LogP contribution in [0.1, 0.15) is 31.7 Å². The van der Waals surface area contributed by atoms with E-state index in [1.165, 1.54) is 0 Å². The number of rotatable bonds is 4. The molecule has 1 heterocycles. The first-order valence-corrected chi connectivity index (χ1v) is 5.17. The molecule has 0 spiro atoms. The van der Waals surface area contributed by atoms with E-state index < -0.39 is 0 Å². The lowest BCUT2D eigenvalue weighted by atomic mass is 10.1. The van der Waals surface area contributed by atoms with Crippen molar-refractivity contribution in [2.75, 3.05) is 5.73 Å². The van der Waals surface area contributed by atoms with Gasteiger partial charge in [0, 0.05) is 12.5 Å². The summed E-state index contributed by atoms with van der Waals surface area (Å²) >= 11 is 0. The van der Waals surface area contributed by atoms with Crippen LogP contribution < -0.4 is 17.0 Å². The molecule has 0 saturated heterocycles. The van der Waals surface area contributed by atoms with Crippen molar-refractivity contribution in [3.8, 4) is 0 Å². The number of nitrogen functional groups attached to an aromatic ring is 1. The Labute approximate surface area is 88.9 Å². The third-order valence-electron chi connectivity index (χ3n) is 2.11. The van der Waals surface area contributed by atoms with Gasteiger partial charge in [0.25, 0.3) is 5.56 Å². The zero-order chi connectivity index (χ0) is 11.4. The van der Waals surface area contributed by atoms with Gasteiger partial charge < -0.3 is 16.5 Å². The molecule has 0 aliphatic heterocycles. The minimum Gasteiger partial charge on any atom is -0.383 e. The summed E-state index contributed by atoms with van der Waals surface area (Å²) in [7, 11) is 0. The van der Waals surface area contributed by atoms with E-state index in [0.29, 0.717) is 30.0 Å². The Morgan fingerprint density at radius 1 is 1.53 bits per heavy atom. The van der Waals surface area contributed by atoms with Crippen molar-refractivity contribution in [3.63, 3.8) is 0 Å². The second-order valence-electron chi connectivity index (χ2n) is 3.81. The molecule has 0 bridgehead atoms. The van der Waals surface area contributed by atoms with Crippen LogP contribution in [0.4, 0.5) is 5.82 Å². The van der Waals surface area contributed by atoms with Crippen molar-refractivity contribution >= 4 is 5.82 Å². The van der Waals surface area contributed by atoms with Gasteiger partial charge in [0.2, 0.25) is 0 Å². The lowest BCUT2D eigenvalue weighted by Gasteiger charge is -2.07. The van der Waals surface area contributed by atoms with Crippen LogP contribution in [0.5, 0.6) is 0 Å². The Balaban J connectivity index is 3.03. The van der Waals surface area contributed by atoms with Gasteiger partial charge >= 0.3 is 0 Å². The highest BCUT2D eigenvalue weighted by Crippen LogP contribution is 2.06. The maximum atomic E-state index is 11.6. The summed E-state index contributed by atoms with van der Waals surface area (Å²) in [5.74, 6) is 0.892. The second-order valence-corrected chi connectivity index (χ2v) is 3.81. The van der Waals surface area contributed by atoms with E-state index in [1.54, 1.807) is 0 Å². The fourth-order valence-electron chi connectivity index (χ4n) is 1.46. The van der Waals surface area contributed by atoms with Crippen LogP contribution in [0, 0.1) is 0 Å². The van der Waals surface area contributed by atoms with Crippen LogP contribution in [0.2, 0.25) is 0 Å². The molecule has 0 aliphatic rings. The SMILES string of the molecule is CCCc1c(N)nc(CC(C)N)[nH]c1=O. The molecule has 0 saturated carbocycles. The molecule has 0 fully saturated rings. The summed E-state index contributed by atoms with van der Waals surface area (Å²) in [6.07, 6.45) is 2.07. The Hall–Kier alpha value is -1.36. The van der Waals surface area contributed by atoms with Gasteiger partial charge in [-0.25, -0.2) is 4.98 Å². The number of nitrogens with one attached hydrogen (secondary N) is 1. The molecule has 5 heteroatoms. The molecule has 1 atom stereocenters. The molecule has 1 unspecified atom stereocenters. The highest BCUT2D eigenvalue weighted by molar-refractivity contribution is 5.37. The number of anilines is 1. The van der Waals surface area contributed by atoms with Crippen molar-refractivity contribution in [2.24, 2.45) is 5.73 Å². The van der Waals surface area contributed by atoms with E-state index in [0.717, 1.165) is 6.42 Å². The molecule has 0 aromatic carbocycles. The summed E-state index contributed by atoms with van der Waals surface area (Å²) < 4.78 is 0. The van der Waals surface area contributed by atoms with Crippen LogP contribution in [-0.4, -0.2) is 16.0 Å². The van der Waals surface area contributed by atoms with Crippen molar-refractivity contribution in [3.05, 3.63) is 21.7 Å². The smallest absolute Gasteiger partial charge is 0.256 e. The number of nitrogens with two attached hydrogens (primary N) is 2. The molecular weight excluding hydrogens is 192 g/mol. The number of hydrogen-bond acceptors (Lipinski definition) is 4. The van der Waals surface area contributed by atoms with Crippen molar-refractivity contribution in [2.45, 2.75) is 39.2 Å². The molecule has 0 amide bonds. The number of hydrogen-bond donors (Lipinski definition) is 3. The minimum atomic E-state index is -0.139. The third kappa shape index (κ3) is 3.06. The van der Waals surface area contributed by atoms with Crippen molar-refractivity contribution < 1.29 is 0 Å². The summed E-state index contributed by atoms with van der Waals surface area (Å²) in [6.45, 7) is 3.85. The van der Waals surface area contributed by atoms with E-state index >= 15 is 0 Å². The van der Waals surface area contributed by atoms with Crippen LogP contribution >= 0.6 is 0 Å². The normalized spacial score (nSPS) is 12.7. The number of aromatic amines is 1. The number of nitrogens with zero attached hydrogens (tertiary/aromatic N) is 1. The first kappa shape index (κ1) is 11.7. The summed E-state index contributed by atoms with van der Waals surface area (Å²) in [6, 6.07) is -0.0374. The largest absolute Gasteiger partial charge is 0.383 e. The van der Waals surface area contributed by atoms with Gasteiger partial charge in [-0.3, -0.25) is 4.79 Å². The predicted molar refractivity (Wildman–Crippen MR) is 60.6 cm³/mol.